The first kappa shape index (κ1) is 17.9. The Morgan fingerprint density at radius 1 is 1.08 bits per heavy atom. The SMILES string of the molecule is CC(C)C(NC(=O)c1ccccc1)C(=O)N1CCC2(CC1)OCCO2. The van der Waals surface area contributed by atoms with Crippen LogP contribution in [0.4, 0.5) is 0 Å². The Morgan fingerprint density at radius 3 is 2.24 bits per heavy atom. The number of piperidine rings is 1. The molecule has 0 bridgehead atoms. The van der Waals surface area contributed by atoms with Crippen LogP contribution in [0.15, 0.2) is 30.3 Å². The summed E-state index contributed by atoms with van der Waals surface area (Å²) in [7, 11) is 0. The molecule has 1 aromatic carbocycles. The van der Waals surface area contributed by atoms with E-state index in [1.165, 1.54) is 0 Å². The summed E-state index contributed by atoms with van der Waals surface area (Å²) in [4.78, 5) is 27.2. The Hall–Kier alpha value is -1.92. The number of nitrogens with one attached hydrogen (secondary N) is 1. The van der Waals surface area contributed by atoms with Gasteiger partial charge in [-0.25, -0.2) is 0 Å². The Bertz CT molecular complexity index is 601. The zero-order chi connectivity index (χ0) is 17.9. The lowest BCUT2D eigenvalue weighted by atomic mass is 9.98. The molecule has 1 atom stereocenters. The van der Waals surface area contributed by atoms with Crippen LogP contribution in [0.2, 0.25) is 0 Å². The zero-order valence-corrected chi connectivity index (χ0v) is 14.9. The monoisotopic (exact) mass is 346 g/mol. The van der Waals surface area contributed by atoms with E-state index in [-0.39, 0.29) is 17.7 Å². The van der Waals surface area contributed by atoms with Gasteiger partial charge in [0.15, 0.2) is 5.79 Å². The molecule has 0 aromatic heterocycles. The van der Waals surface area contributed by atoms with Crippen molar-refractivity contribution in [2.24, 2.45) is 5.92 Å². The molecule has 2 amide bonds. The van der Waals surface area contributed by atoms with Crippen LogP contribution in [-0.4, -0.2) is 54.8 Å². The number of hydrogen-bond donors (Lipinski definition) is 1. The molecule has 0 saturated carbocycles. The van der Waals surface area contributed by atoms with Crippen LogP contribution in [0.1, 0.15) is 37.0 Å². The quantitative estimate of drug-likeness (QED) is 0.903. The third-order valence-corrected chi connectivity index (χ3v) is 4.91. The highest BCUT2D eigenvalue weighted by molar-refractivity contribution is 5.97. The highest BCUT2D eigenvalue weighted by Gasteiger charge is 2.42. The van der Waals surface area contributed by atoms with Crippen LogP contribution in [0, 0.1) is 5.92 Å². The molecule has 25 heavy (non-hydrogen) atoms. The average molecular weight is 346 g/mol. The van der Waals surface area contributed by atoms with Crippen LogP contribution >= 0.6 is 0 Å². The van der Waals surface area contributed by atoms with Gasteiger partial charge in [0.2, 0.25) is 5.91 Å². The Morgan fingerprint density at radius 2 is 1.68 bits per heavy atom. The fraction of sp³-hybridized carbons (Fsp3) is 0.579. The highest BCUT2D eigenvalue weighted by Crippen LogP contribution is 2.31. The maximum Gasteiger partial charge on any atom is 0.251 e. The lowest BCUT2D eigenvalue weighted by molar-refractivity contribution is -0.188. The minimum absolute atomic E-state index is 0.00929. The number of rotatable bonds is 4. The summed E-state index contributed by atoms with van der Waals surface area (Å²) in [6.45, 7) is 6.31. The molecule has 2 aliphatic heterocycles. The second kappa shape index (κ2) is 7.54. The van der Waals surface area contributed by atoms with E-state index in [1.54, 1.807) is 12.1 Å². The molecule has 136 valence electrons. The molecule has 1 spiro atoms. The predicted molar refractivity (Wildman–Crippen MR) is 93.0 cm³/mol. The van der Waals surface area contributed by atoms with Crippen molar-refractivity contribution in [2.45, 2.75) is 38.5 Å². The minimum atomic E-state index is -0.535. The van der Waals surface area contributed by atoms with Gasteiger partial charge in [0.25, 0.3) is 5.91 Å². The standard InChI is InChI=1S/C19H26N2O4/c1-14(2)16(20-17(22)15-6-4-3-5-7-15)18(23)21-10-8-19(9-11-21)24-12-13-25-19/h3-7,14,16H,8-13H2,1-2H3,(H,20,22). The van der Waals surface area contributed by atoms with E-state index in [4.69, 9.17) is 9.47 Å². The van der Waals surface area contributed by atoms with Crippen molar-refractivity contribution in [3.63, 3.8) is 0 Å². The molecule has 6 nitrogen and oxygen atoms in total. The number of nitrogens with zero attached hydrogens (tertiary/aromatic N) is 1. The van der Waals surface area contributed by atoms with Gasteiger partial charge in [-0.1, -0.05) is 32.0 Å². The van der Waals surface area contributed by atoms with E-state index in [1.807, 2.05) is 36.9 Å². The number of hydrogen-bond acceptors (Lipinski definition) is 4. The summed E-state index contributed by atoms with van der Waals surface area (Å²) in [6.07, 6.45) is 1.35. The van der Waals surface area contributed by atoms with E-state index in [0.717, 1.165) is 0 Å². The van der Waals surface area contributed by atoms with Gasteiger partial charge in [-0.3, -0.25) is 9.59 Å². The Labute approximate surface area is 148 Å². The molecule has 6 heteroatoms. The fourth-order valence-corrected chi connectivity index (χ4v) is 3.38. The predicted octanol–water partition coefficient (Wildman–Crippen LogP) is 1.81. The minimum Gasteiger partial charge on any atom is -0.347 e. The molecule has 0 aliphatic carbocycles. The van der Waals surface area contributed by atoms with Gasteiger partial charge in [0.1, 0.15) is 6.04 Å². The van der Waals surface area contributed by atoms with Crippen molar-refractivity contribution in [2.75, 3.05) is 26.3 Å². The van der Waals surface area contributed by atoms with Crippen molar-refractivity contribution in [3.05, 3.63) is 35.9 Å². The third kappa shape index (κ3) is 4.02. The summed E-state index contributed by atoms with van der Waals surface area (Å²) in [6, 6.07) is 8.44. The van der Waals surface area contributed by atoms with Crippen LogP contribution in [0.5, 0.6) is 0 Å². The number of carbonyl (C=O) groups excluding carboxylic acids is 2. The summed E-state index contributed by atoms with van der Waals surface area (Å²) in [5, 5.41) is 2.90. The first-order valence-corrected chi connectivity index (χ1v) is 8.93. The lowest BCUT2D eigenvalue weighted by Crippen LogP contribution is -2.55. The van der Waals surface area contributed by atoms with Gasteiger partial charge in [-0.2, -0.15) is 0 Å². The lowest BCUT2D eigenvalue weighted by Gasteiger charge is -2.39. The van der Waals surface area contributed by atoms with Crippen molar-refractivity contribution < 1.29 is 19.1 Å². The number of likely N-dealkylation sites (tertiary alicyclic amines) is 1. The molecule has 2 aliphatic rings. The van der Waals surface area contributed by atoms with Crippen LogP contribution in [0.25, 0.3) is 0 Å². The molecular weight excluding hydrogens is 320 g/mol. The molecule has 2 fully saturated rings. The molecule has 3 rings (SSSR count). The molecular formula is C19H26N2O4. The van der Waals surface area contributed by atoms with E-state index in [2.05, 4.69) is 5.32 Å². The smallest absolute Gasteiger partial charge is 0.251 e. The van der Waals surface area contributed by atoms with Crippen molar-refractivity contribution in [1.82, 2.24) is 10.2 Å². The van der Waals surface area contributed by atoms with Gasteiger partial charge in [-0.05, 0) is 18.1 Å². The largest absolute Gasteiger partial charge is 0.347 e. The van der Waals surface area contributed by atoms with Crippen LogP contribution in [0.3, 0.4) is 0 Å². The van der Waals surface area contributed by atoms with E-state index in [9.17, 15) is 9.59 Å². The maximum absolute atomic E-state index is 12.9. The second-order valence-corrected chi connectivity index (χ2v) is 6.99. The van der Waals surface area contributed by atoms with E-state index in [0.29, 0.717) is 44.7 Å². The summed E-state index contributed by atoms with van der Waals surface area (Å²) >= 11 is 0. The number of amides is 2. The summed E-state index contributed by atoms with van der Waals surface area (Å²) in [5.74, 6) is -0.747. The molecule has 2 saturated heterocycles. The zero-order valence-electron chi connectivity index (χ0n) is 14.9. The molecule has 1 N–H and O–H groups in total. The first-order chi connectivity index (χ1) is 12.0. The van der Waals surface area contributed by atoms with Gasteiger partial charge < -0.3 is 19.7 Å². The average Bonchev–Trinajstić information content (AvgIpc) is 3.08. The van der Waals surface area contributed by atoms with Crippen LogP contribution < -0.4 is 5.32 Å². The maximum atomic E-state index is 12.9. The number of benzene rings is 1. The van der Waals surface area contributed by atoms with Gasteiger partial charge in [0.05, 0.1) is 13.2 Å². The highest BCUT2D eigenvalue weighted by atomic mass is 16.7. The van der Waals surface area contributed by atoms with Crippen LogP contribution in [-0.2, 0) is 14.3 Å². The first-order valence-electron chi connectivity index (χ1n) is 8.93. The summed E-state index contributed by atoms with van der Waals surface area (Å²) < 4.78 is 11.4. The van der Waals surface area contributed by atoms with Gasteiger partial charge in [-0.15, -0.1) is 0 Å². The normalized spacial score (nSPS) is 20.7. The van der Waals surface area contributed by atoms with Gasteiger partial charge in [0, 0.05) is 31.5 Å². The third-order valence-electron chi connectivity index (χ3n) is 4.91. The molecule has 1 aromatic rings. The number of ether oxygens (including phenoxy) is 2. The summed E-state index contributed by atoms with van der Waals surface area (Å²) in [5.41, 5.74) is 0.561. The van der Waals surface area contributed by atoms with E-state index < -0.39 is 11.8 Å². The second-order valence-electron chi connectivity index (χ2n) is 6.99. The number of carbonyl (C=O) groups is 2. The van der Waals surface area contributed by atoms with E-state index >= 15 is 0 Å². The fourth-order valence-electron chi connectivity index (χ4n) is 3.38. The molecule has 1 unspecified atom stereocenters. The van der Waals surface area contributed by atoms with Crippen molar-refractivity contribution in [1.29, 1.82) is 0 Å². The Kier molecular flexibility index (Phi) is 5.39. The Balaban J connectivity index is 1.62. The van der Waals surface area contributed by atoms with Gasteiger partial charge >= 0.3 is 0 Å². The molecule has 2 heterocycles. The topological polar surface area (TPSA) is 67.9 Å². The molecule has 0 radical (unpaired) electrons. The van der Waals surface area contributed by atoms with Crippen molar-refractivity contribution >= 4 is 11.8 Å². The van der Waals surface area contributed by atoms with Crippen molar-refractivity contribution in [3.8, 4) is 0 Å².